The summed E-state index contributed by atoms with van der Waals surface area (Å²) in [6, 6.07) is 10.0. The van der Waals surface area contributed by atoms with Crippen LogP contribution in [-0.2, 0) is 14.8 Å². The van der Waals surface area contributed by atoms with E-state index in [-0.39, 0.29) is 23.7 Å². The van der Waals surface area contributed by atoms with Crippen molar-refractivity contribution in [3.05, 3.63) is 58.1 Å². The highest BCUT2D eigenvalue weighted by Crippen LogP contribution is 2.32. The van der Waals surface area contributed by atoms with Crippen LogP contribution in [0.4, 0.5) is 0 Å². The van der Waals surface area contributed by atoms with Gasteiger partial charge < -0.3 is 9.47 Å². The quantitative estimate of drug-likeness (QED) is 0.605. The van der Waals surface area contributed by atoms with Gasteiger partial charge in [-0.3, -0.25) is 0 Å². The van der Waals surface area contributed by atoms with Crippen molar-refractivity contribution in [2.24, 2.45) is 5.14 Å². The molecule has 0 aromatic heterocycles. The lowest BCUT2D eigenvalue weighted by atomic mass is 10.2. The molecule has 128 valence electrons. The van der Waals surface area contributed by atoms with Crippen molar-refractivity contribution in [2.45, 2.75) is 4.90 Å². The van der Waals surface area contributed by atoms with Crippen LogP contribution in [0.1, 0.15) is 10.4 Å². The number of primary sulfonamides is 1. The Labute approximate surface area is 149 Å². The number of halogens is 2. The molecule has 0 aliphatic carbocycles. The Bertz CT molecular complexity index is 817. The van der Waals surface area contributed by atoms with Gasteiger partial charge in [-0.2, -0.15) is 0 Å². The molecule has 0 radical (unpaired) electrons. The van der Waals surface area contributed by atoms with Crippen LogP contribution in [-0.4, -0.2) is 27.6 Å². The van der Waals surface area contributed by atoms with Crippen LogP contribution in [0, 0.1) is 0 Å². The Morgan fingerprint density at radius 2 is 1.58 bits per heavy atom. The Morgan fingerprint density at radius 3 is 2.12 bits per heavy atom. The van der Waals surface area contributed by atoms with Gasteiger partial charge in [0, 0.05) is 0 Å². The molecule has 2 aromatic carbocycles. The first-order valence-electron chi connectivity index (χ1n) is 6.66. The number of hydrogen-bond donors (Lipinski definition) is 1. The third-order valence-corrected chi connectivity index (χ3v) is 4.42. The van der Waals surface area contributed by atoms with Crippen LogP contribution in [0.5, 0.6) is 5.75 Å². The SMILES string of the molecule is NS(=O)(=O)c1ccc(C(=O)OCCOc2c(Cl)cccc2Cl)cc1. The molecule has 0 spiro atoms. The average molecular weight is 390 g/mol. The highest BCUT2D eigenvalue weighted by Gasteiger charge is 2.12. The van der Waals surface area contributed by atoms with E-state index in [1.54, 1.807) is 18.2 Å². The molecule has 24 heavy (non-hydrogen) atoms. The van der Waals surface area contributed by atoms with Gasteiger partial charge in [-0.15, -0.1) is 0 Å². The Balaban J connectivity index is 1.87. The van der Waals surface area contributed by atoms with Gasteiger partial charge in [0.15, 0.2) is 5.75 Å². The molecule has 0 heterocycles. The van der Waals surface area contributed by atoms with E-state index in [1.807, 2.05) is 0 Å². The first-order chi connectivity index (χ1) is 11.3. The van der Waals surface area contributed by atoms with E-state index in [9.17, 15) is 13.2 Å². The Kier molecular flexibility index (Phi) is 6.06. The monoisotopic (exact) mass is 389 g/mol. The molecule has 6 nitrogen and oxygen atoms in total. The van der Waals surface area contributed by atoms with E-state index in [0.717, 1.165) is 0 Å². The maximum Gasteiger partial charge on any atom is 0.338 e. The molecule has 0 bridgehead atoms. The van der Waals surface area contributed by atoms with Crippen LogP contribution < -0.4 is 9.88 Å². The third kappa shape index (κ3) is 4.85. The topological polar surface area (TPSA) is 95.7 Å². The highest BCUT2D eigenvalue weighted by molar-refractivity contribution is 7.89. The number of benzene rings is 2. The van der Waals surface area contributed by atoms with Crippen molar-refractivity contribution in [1.29, 1.82) is 0 Å². The number of rotatable bonds is 6. The van der Waals surface area contributed by atoms with Crippen LogP contribution in [0.25, 0.3) is 0 Å². The van der Waals surface area contributed by atoms with Crippen molar-refractivity contribution in [3.8, 4) is 5.75 Å². The summed E-state index contributed by atoms with van der Waals surface area (Å²) >= 11 is 11.9. The maximum atomic E-state index is 11.8. The van der Waals surface area contributed by atoms with Gasteiger partial charge in [0.25, 0.3) is 0 Å². The van der Waals surface area contributed by atoms with Gasteiger partial charge in [-0.25, -0.2) is 18.4 Å². The number of hydrogen-bond acceptors (Lipinski definition) is 5. The van der Waals surface area contributed by atoms with Crippen molar-refractivity contribution < 1.29 is 22.7 Å². The standard InChI is InChI=1S/C15H13Cl2NO5S/c16-12-2-1-3-13(17)14(12)22-8-9-23-15(19)10-4-6-11(7-5-10)24(18,20)21/h1-7H,8-9H2,(H2,18,20,21). The lowest BCUT2D eigenvalue weighted by molar-refractivity contribution is 0.0450. The minimum Gasteiger partial charge on any atom is -0.487 e. The summed E-state index contributed by atoms with van der Waals surface area (Å²) < 4.78 is 32.7. The fourth-order valence-electron chi connectivity index (χ4n) is 1.76. The maximum absolute atomic E-state index is 11.8. The van der Waals surface area contributed by atoms with Gasteiger partial charge in [0.1, 0.15) is 13.2 Å². The van der Waals surface area contributed by atoms with Gasteiger partial charge in [-0.1, -0.05) is 29.3 Å². The first kappa shape index (κ1) is 18.5. The van der Waals surface area contributed by atoms with Gasteiger partial charge in [0.2, 0.25) is 10.0 Å². The molecule has 0 aliphatic heterocycles. The zero-order chi connectivity index (χ0) is 17.7. The molecule has 0 aliphatic rings. The number of carbonyl (C=O) groups is 1. The fourth-order valence-corrected chi connectivity index (χ4v) is 2.78. The number of carbonyl (C=O) groups excluding carboxylic acids is 1. The summed E-state index contributed by atoms with van der Waals surface area (Å²) in [5, 5.41) is 5.69. The van der Waals surface area contributed by atoms with E-state index >= 15 is 0 Å². The van der Waals surface area contributed by atoms with E-state index in [4.69, 9.17) is 37.8 Å². The molecule has 2 aromatic rings. The van der Waals surface area contributed by atoms with E-state index < -0.39 is 16.0 Å². The van der Waals surface area contributed by atoms with Gasteiger partial charge in [0.05, 0.1) is 20.5 Å². The zero-order valence-electron chi connectivity index (χ0n) is 12.2. The molecule has 0 saturated carbocycles. The Hall–Kier alpha value is -1.80. The smallest absolute Gasteiger partial charge is 0.338 e. The van der Waals surface area contributed by atoms with E-state index in [2.05, 4.69) is 0 Å². The van der Waals surface area contributed by atoms with E-state index in [1.165, 1.54) is 24.3 Å². The highest BCUT2D eigenvalue weighted by atomic mass is 35.5. The molecular formula is C15H13Cl2NO5S. The van der Waals surface area contributed by atoms with Crippen LogP contribution in [0.2, 0.25) is 10.0 Å². The van der Waals surface area contributed by atoms with Crippen LogP contribution >= 0.6 is 23.2 Å². The summed E-state index contributed by atoms with van der Waals surface area (Å²) in [4.78, 5) is 11.8. The molecule has 0 saturated heterocycles. The van der Waals surface area contributed by atoms with Crippen molar-refractivity contribution in [2.75, 3.05) is 13.2 Å². The number of sulfonamides is 1. The summed E-state index contributed by atoms with van der Waals surface area (Å²) in [5.41, 5.74) is 0.193. The number of ether oxygens (including phenoxy) is 2. The van der Waals surface area contributed by atoms with Crippen molar-refractivity contribution in [3.63, 3.8) is 0 Å². The van der Waals surface area contributed by atoms with Gasteiger partial charge >= 0.3 is 5.97 Å². The predicted octanol–water partition coefficient (Wildman–Crippen LogP) is 2.88. The molecule has 0 atom stereocenters. The summed E-state index contributed by atoms with van der Waals surface area (Å²) in [6.45, 7) is 0.0295. The van der Waals surface area contributed by atoms with Crippen LogP contribution in [0.3, 0.4) is 0 Å². The van der Waals surface area contributed by atoms with Crippen molar-refractivity contribution in [1.82, 2.24) is 0 Å². The number of para-hydroxylation sites is 1. The summed E-state index contributed by atoms with van der Waals surface area (Å²) in [7, 11) is -3.80. The van der Waals surface area contributed by atoms with Crippen LogP contribution in [0.15, 0.2) is 47.4 Å². The lowest BCUT2D eigenvalue weighted by Gasteiger charge is -2.10. The molecule has 2 N–H and O–H groups in total. The summed E-state index contributed by atoms with van der Waals surface area (Å²) in [6.07, 6.45) is 0. The molecule has 0 unspecified atom stereocenters. The van der Waals surface area contributed by atoms with Crippen molar-refractivity contribution >= 4 is 39.2 Å². The minimum atomic E-state index is -3.80. The predicted molar refractivity (Wildman–Crippen MR) is 90.1 cm³/mol. The Morgan fingerprint density at radius 1 is 1.00 bits per heavy atom. The molecule has 2 rings (SSSR count). The second kappa shape index (κ2) is 7.85. The molecule has 0 fully saturated rings. The molecular weight excluding hydrogens is 377 g/mol. The zero-order valence-corrected chi connectivity index (χ0v) is 14.6. The first-order valence-corrected chi connectivity index (χ1v) is 8.96. The summed E-state index contributed by atoms with van der Waals surface area (Å²) in [5.74, 6) is -0.306. The van der Waals surface area contributed by atoms with E-state index in [0.29, 0.717) is 15.8 Å². The molecule has 0 amide bonds. The second-order valence-corrected chi connectivity index (χ2v) is 6.98. The number of nitrogens with two attached hydrogens (primary N) is 1. The normalized spacial score (nSPS) is 11.1. The average Bonchev–Trinajstić information content (AvgIpc) is 2.53. The molecule has 9 heteroatoms. The second-order valence-electron chi connectivity index (χ2n) is 4.60. The fraction of sp³-hybridized carbons (Fsp3) is 0.133. The third-order valence-electron chi connectivity index (χ3n) is 2.90. The van der Waals surface area contributed by atoms with Gasteiger partial charge in [-0.05, 0) is 36.4 Å². The number of esters is 1. The lowest BCUT2D eigenvalue weighted by Crippen LogP contribution is -2.14. The largest absolute Gasteiger partial charge is 0.487 e. The minimum absolute atomic E-state index is 0.0304.